The molecule has 3 heterocycles. The Morgan fingerprint density at radius 3 is 3.00 bits per heavy atom. The van der Waals surface area contributed by atoms with E-state index in [1.165, 1.54) is 11.1 Å². The quantitative estimate of drug-likeness (QED) is 0.915. The maximum absolute atomic E-state index is 10.9. The number of piperidine rings is 1. The van der Waals surface area contributed by atoms with E-state index in [2.05, 4.69) is 27.0 Å². The fraction of sp³-hybridized carbons (Fsp3) is 0.562. The van der Waals surface area contributed by atoms with Crippen LogP contribution in [-0.2, 0) is 20.0 Å². The lowest BCUT2D eigenvalue weighted by Crippen LogP contribution is -2.49. The van der Waals surface area contributed by atoms with Crippen LogP contribution in [0.3, 0.4) is 0 Å². The molecular formula is C16H23N5O. The topological polar surface area (TPSA) is 67.1 Å². The van der Waals surface area contributed by atoms with Crippen LogP contribution in [0.2, 0.25) is 0 Å². The van der Waals surface area contributed by atoms with Gasteiger partial charge in [0, 0.05) is 39.0 Å². The van der Waals surface area contributed by atoms with Crippen molar-refractivity contribution in [2.75, 3.05) is 13.1 Å². The fourth-order valence-corrected chi connectivity index (χ4v) is 3.15. The van der Waals surface area contributed by atoms with E-state index in [1.807, 2.05) is 30.1 Å². The Morgan fingerprint density at radius 1 is 1.41 bits per heavy atom. The number of rotatable bonds is 4. The average Bonchev–Trinajstić information content (AvgIpc) is 2.86. The SMILES string of the molecule is Cc1ccncc1CN1CCCC(O)(Cc2nncn2C)C1. The van der Waals surface area contributed by atoms with E-state index >= 15 is 0 Å². The lowest BCUT2D eigenvalue weighted by atomic mass is 9.89. The van der Waals surface area contributed by atoms with Crippen LogP contribution in [0.15, 0.2) is 24.8 Å². The first-order valence-corrected chi connectivity index (χ1v) is 7.73. The van der Waals surface area contributed by atoms with Crippen molar-refractivity contribution in [3.63, 3.8) is 0 Å². The number of β-amino-alcohol motifs (C(OH)–C–C–N with tert-alkyl or cyclic N) is 1. The second-order valence-electron chi connectivity index (χ2n) is 6.38. The van der Waals surface area contributed by atoms with Crippen LogP contribution in [0.25, 0.3) is 0 Å². The molecule has 1 atom stereocenters. The summed E-state index contributed by atoms with van der Waals surface area (Å²) in [6, 6.07) is 2.03. The second kappa shape index (κ2) is 6.14. The van der Waals surface area contributed by atoms with Crippen LogP contribution in [0, 0.1) is 6.92 Å². The van der Waals surface area contributed by atoms with Gasteiger partial charge in [-0.3, -0.25) is 9.88 Å². The molecule has 0 saturated carbocycles. The minimum absolute atomic E-state index is 0.548. The molecule has 1 fully saturated rings. The number of aliphatic hydroxyl groups is 1. The number of likely N-dealkylation sites (tertiary alicyclic amines) is 1. The summed E-state index contributed by atoms with van der Waals surface area (Å²) in [6.07, 6.45) is 7.77. The Hall–Kier alpha value is -1.79. The number of aryl methyl sites for hydroxylation is 2. The first-order valence-electron chi connectivity index (χ1n) is 7.73. The van der Waals surface area contributed by atoms with E-state index in [-0.39, 0.29) is 0 Å². The molecule has 0 spiro atoms. The number of pyridine rings is 1. The molecule has 1 aliphatic rings. The molecule has 6 heteroatoms. The molecule has 0 radical (unpaired) electrons. The Morgan fingerprint density at radius 2 is 2.27 bits per heavy atom. The molecule has 1 N–H and O–H groups in total. The third kappa shape index (κ3) is 3.34. The van der Waals surface area contributed by atoms with Crippen LogP contribution >= 0.6 is 0 Å². The Balaban J connectivity index is 1.68. The summed E-state index contributed by atoms with van der Waals surface area (Å²) in [4.78, 5) is 6.52. The molecule has 6 nitrogen and oxygen atoms in total. The normalized spacial score (nSPS) is 22.9. The lowest BCUT2D eigenvalue weighted by molar-refractivity contribution is -0.0345. The zero-order valence-corrected chi connectivity index (χ0v) is 13.2. The summed E-state index contributed by atoms with van der Waals surface area (Å²) in [6.45, 7) is 4.61. The second-order valence-corrected chi connectivity index (χ2v) is 6.38. The summed E-state index contributed by atoms with van der Waals surface area (Å²) in [7, 11) is 1.91. The van der Waals surface area contributed by atoms with E-state index in [0.29, 0.717) is 13.0 Å². The van der Waals surface area contributed by atoms with E-state index < -0.39 is 5.60 Å². The van der Waals surface area contributed by atoms with Crippen molar-refractivity contribution >= 4 is 0 Å². The van der Waals surface area contributed by atoms with Gasteiger partial charge in [-0.1, -0.05) is 0 Å². The van der Waals surface area contributed by atoms with Gasteiger partial charge in [-0.25, -0.2) is 0 Å². The summed E-state index contributed by atoms with van der Waals surface area (Å²) >= 11 is 0. The molecule has 0 bridgehead atoms. The molecule has 0 amide bonds. The van der Waals surface area contributed by atoms with Crippen LogP contribution in [0.5, 0.6) is 0 Å². The van der Waals surface area contributed by atoms with Crippen LogP contribution in [0.4, 0.5) is 0 Å². The molecular weight excluding hydrogens is 278 g/mol. The van der Waals surface area contributed by atoms with E-state index in [1.54, 1.807) is 6.33 Å². The smallest absolute Gasteiger partial charge is 0.135 e. The monoisotopic (exact) mass is 301 g/mol. The lowest BCUT2D eigenvalue weighted by Gasteiger charge is -2.39. The number of hydrogen-bond acceptors (Lipinski definition) is 5. The molecule has 22 heavy (non-hydrogen) atoms. The molecule has 2 aromatic rings. The molecule has 3 rings (SSSR count). The Kier molecular flexibility index (Phi) is 4.22. The van der Waals surface area contributed by atoms with Crippen molar-refractivity contribution in [3.05, 3.63) is 41.7 Å². The third-order valence-electron chi connectivity index (χ3n) is 4.47. The first kappa shape index (κ1) is 15.1. The zero-order valence-electron chi connectivity index (χ0n) is 13.2. The van der Waals surface area contributed by atoms with Gasteiger partial charge in [0.15, 0.2) is 0 Å². The predicted molar refractivity (Wildman–Crippen MR) is 83.1 cm³/mol. The van der Waals surface area contributed by atoms with Gasteiger partial charge < -0.3 is 9.67 Å². The predicted octanol–water partition coefficient (Wildman–Crippen LogP) is 1.09. The minimum atomic E-state index is -0.727. The summed E-state index contributed by atoms with van der Waals surface area (Å²) in [5, 5.41) is 18.9. The average molecular weight is 301 g/mol. The van der Waals surface area contributed by atoms with Crippen molar-refractivity contribution < 1.29 is 5.11 Å². The van der Waals surface area contributed by atoms with E-state index in [0.717, 1.165) is 31.8 Å². The van der Waals surface area contributed by atoms with Gasteiger partial charge in [-0.05, 0) is 43.5 Å². The molecule has 118 valence electrons. The highest BCUT2D eigenvalue weighted by molar-refractivity contribution is 5.21. The van der Waals surface area contributed by atoms with Gasteiger partial charge in [-0.2, -0.15) is 0 Å². The third-order valence-corrected chi connectivity index (χ3v) is 4.47. The molecule has 0 aromatic carbocycles. The van der Waals surface area contributed by atoms with Crippen LogP contribution < -0.4 is 0 Å². The maximum atomic E-state index is 10.9. The highest BCUT2D eigenvalue weighted by atomic mass is 16.3. The molecule has 0 aliphatic carbocycles. The van der Waals surface area contributed by atoms with Crippen LogP contribution in [0.1, 0.15) is 29.8 Å². The van der Waals surface area contributed by atoms with Gasteiger partial charge >= 0.3 is 0 Å². The van der Waals surface area contributed by atoms with Gasteiger partial charge in [0.05, 0.1) is 5.60 Å². The van der Waals surface area contributed by atoms with Crippen LogP contribution in [-0.4, -0.2) is 48.4 Å². The minimum Gasteiger partial charge on any atom is -0.388 e. The molecule has 1 saturated heterocycles. The highest BCUT2D eigenvalue weighted by Gasteiger charge is 2.34. The van der Waals surface area contributed by atoms with Crippen molar-refractivity contribution in [2.45, 2.75) is 38.3 Å². The van der Waals surface area contributed by atoms with Crippen molar-refractivity contribution in [1.29, 1.82) is 0 Å². The van der Waals surface area contributed by atoms with Crippen molar-refractivity contribution in [3.8, 4) is 0 Å². The Bertz CT molecular complexity index is 641. The summed E-state index contributed by atoms with van der Waals surface area (Å²) in [5.74, 6) is 0.835. The zero-order chi connectivity index (χ0) is 15.6. The van der Waals surface area contributed by atoms with Gasteiger partial charge in [-0.15, -0.1) is 10.2 Å². The highest BCUT2D eigenvalue weighted by Crippen LogP contribution is 2.26. The van der Waals surface area contributed by atoms with Crippen molar-refractivity contribution in [1.82, 2.24) is 24.6 Å². The van der Waals surface area contributed by atoms with Gasteiger partial charge in [0.1, 0.15) is 12.2 Å². The summed E-state index contributed by atoms with van der Waals surface area (Å²) in [5.41, 5.74) is 1.75. The Labute approximate surface area is 130 Å². The van der Waals surface area contributed by atoms with E-state index in [9.17, 15) is 5.11 Å². The van der Waals surface area contributed by atoms with Gasteiger partial charge in [0.25, 0.3) is 0 Å². The van der Waals surface area contributed by atoms with Crippen molar-refractivity contribution in [2.24, 2.45) is 7.05 Å². The summed E-state index contributed by atoms with van der Waals surface area (Å²) < 4.78 is 1.88. The molecule has 1 aliphatic heterocycles. The maximum Gasteiger partial charge on any atom is 0.135 e. The van der Waals surface area contributed by atoms with E-state index in [4.69, 9.17) is 0 Å². The largest absolute Gasteiger partial charge is 0.388 e. The molecule has 1 unspecified atom stereocenters. The number of aromatic nitrogens is 4. The number of nitrogens with zero attached hydrogens (tertiary/aromatic N) is 5. The van der Waals surface area contributed by atoms with Gasteiger partial charge in [0.2, 0.25) is 0 Å². The standard InChI is InChI=1S/C16H23N5O/c1-13-4-6-17-9-14(13)10-21-7-3-5-16(22,11-21)8-15-19-18-12-20(15)2/h4,6,9,12,22H,3,5,7-8,10-11H2,1-2H3. The molecule has 2 aromatic heterocycles. The number of hydrogen-bond donors (Lipinski definition) is 1. The first-order chi connectivity index (χ1) is 10.6. The fourth-order valence-electron chi connectivity index (χ4n) is 3.15.